The Kier molecular flexibility index (Phi) is 3.96. The molecule has 1 aromatic carbocycles. The van der Waals surface area contributed by atoms with E-state index in [-0.39, 0.29) is 11.5 Å². The monoisotopic (exact) mass is 286 g/mol. The molecule has 1 aromatic rings. The summed E-state index contributed by atoms with van der Waals surface area (Å²) in [6, 6.07) is 6.49. The van der Waals surface area contributed by atoms with Gasteiger partial charge in [0.1, 0.15) is 6.61 Å². The molecule has 1 atom stereocenters. The third kappa shape index (κ3) is 3.76. The molecule has 6 heteroatoms. The molecule has 0 saturated carbocycles. The van der Waals surface area contributed by atoms with Crippen molar-refractivity contribution < 1.29 is 22.1 Å². The van der Waals surface area contributed by atoms with Gasteiger partial charge >= 0.3 is 0 Å². The Hall–Kier alpha value is -0.950. The van der Waals surface area contributed by atoms with Crippen LogP contribution < -0.4 is 0 Å². The van der Waals surface area contributed by atoms with Crippen LogP contribution in [0.15, 0.2) is 29.2 Å². The maximum Gasteiger partial charge on any atom is 0.297 e. The van der Waals surface area contributed by atoms with E-state index >= 15 is 0 Å². The Morgan fingerprint density at radius 1 is 1.32 bits per heavy atom. The average molecular weight is 286 g/mol. The fourth-order valence-corrected chi connectivity index (χ4v) is 2.61. The van der Waals surface area contributed by atoms with Gasteiger partial charge in [-0.2, -0.15) is 8.42 Å². The number of hydrogen-bond donors (Lipinski definition) is 0. The SMILES string of the molecule is Cc1ccc(S(=O)(=O)OC[C@H]2OCC(C)(C)O2)cc1. The summed E-state index contributed by atoms with van der Waals surface area (Å²) < 4.78 is 39.6. The zero-order valence-corrected chi connectivity index (χ0v) is 12.1. The Morgan fingerprint density at radius 2 is 1.95 bits per heavy atom. The zero-order valence-electron chi connectivity index (χ0n) is 11.3. The van der Waals surface area contributed by atoms with Crippen molar-refractivity contribution in [3.63, 3.8) is 0 Å². The quantitative estimate of drug-likeness (QED) is 0.790. The molecule has 0 aromatic heterocycles. The van der Waals surface area contributed by atoms with Crippen molar-refractivity contribution in [3.8, 4) is 0 Å². The summed E-state index contributed by atoms with van der Waals surface area (Å²) in [6.45, 7) is 5.92. The van der Waals surface area contributed by atoms with E-state index in [4.69, 9.17) is 13.7 Å². The van der Waals surface area contributed by atoms with E-state index in [0.29, 0.717) is 6.61 Å². The number of hydrogen-bond acceptors (Lipinski definition) is 5. The highest BCUT2D eigenvalue weighted by Crippen LogP contribution is 2.23. The molecule has 0 radical (unpaired) electrons. The van der Waals surface area contributed by atoms with Crippen LogP contribution in [0.3, 0.4) is 0 Å². The third-order valence-electron chi connectivity index (χ3n) is 2.74. The molecule has 1 heterocycles. The number of rotatable bonds is 4. The minimum Gasteiger partial charge on any atom is -0.347 e. The molecular formula is C13H18O5S. The fourth-order valence-electron chi connectivity index (χ4n) is 1.72. The van der Waals surface area contributed by atoms with E-state index in [1.165, 1.54) is 12.1 Å². The van der Waals surface area contributed by atoms with Crippen molar-refractivity contribution in [1.82, 2.24) is 0 Å². The number of aryl methyl sites for hydroxylation is 1. The van der Waals surface area contributed by atoms with Gasteiger partial charge in [0, 0.05) is 0 Å². The van der Waals surface area contributed by atoms with Crippen LogP contribution in [0.2, 0.25) is 0 Å². The summed E-state index contributed by atoms with van der Waals surface area (Å²) in [5, 5.41) is 0. The first-order valence-corrected chi connectivity index (χ1v) is 7.45. The van der Waals surface area contributed by atoms with Crippen LogP contribution >= 0.6 is 0 Å². The molecule has 106 valence electrons. The lowest BCUT2D eigenvalue weighted by Gasteiger charge is -2.15. The molecule has 0 unspecified atom stereocenters. The summed E-state index contributed by atoms with van der Waals surface area (Å²) in [4.78, 5) is 0.135. The highest BCUT2D eigenvalue weighted by Gasteiger charge is 2.33. The Bertz CT molecular complexity index is 533. The van der Waals surface area contributed by atoms with Gasteiger partial charge in [0.05, 0.1) is 17.1 Å². The van der Waals surface area contributed by atoms with E-state index in [9.17, 15) is 8.42 Å². The molecule has 19 heavy (non-hydrogen) atoms. The molecule has 0 bridgehead atoms. The predicted octanol–water partition coefficient (Wildman–Crippen LogP) is 1.85. The maximum absolute atomic E-state index is 11.9. The van der Waals surface area contributed by atoms with E-state index in [2.05, 4.69) is 0 Å². The van der Waals surface area contributed by atoms with Gasteiger partial charge in [0.2, 0.25) is 0 Å². The predicted molar refractivity (Wildman–Crippen MR) is 69.2 cm³/mol. The fraction of sp³-hybridized carbons (Fsp3) is 0.538. The van der Waals surface area contributed by atoms with E-state index in [1.807, 2.05) is 20.8 Å². The lowest BCUT2D eigenvalue weighted by molar-refractivity contribution is -0.0981. The van der Waals surface area contributed by atoms with Crippen LogP contribution in [0.4, 0.5) is 0 Å². The molecule has 0 spiro atoms. The molecule has 0 N–H and O–H groups in total. The first-order chi connectivity index (χ1) is 8.78. The van der Waals surface area contributed by atoms with Crippen molar-refractivity contribution in [2.45, 2.75) is 37.6 Å². The van der Waals surface area contributed by atoms with Crippen LogP contribution in [0.1, 0.15) is 19.4 Å². The molecule has 1 aliphatic heterocycles. The van der Waals surface area contributed by atoms with Gasteiger partial charge in [-0.25, -0.2) is 0 Å². The maximum atomic E-state index is 11.9. The van der Waals surface area contributed by atoms with Crippen LogP contribution in [-0.2, 0) is 23.8 Å². The first-order valence-electron chi connectivity index (χ1n) is 6.04. The van der Waals surface area contributed by atoms with E-state index < -0.39 is 22.0 Å². The molecule has 1 saturated heterocycles. The van der Waals surface area contributed by atoms with Gasteiger partial charge in [-0.05, 0) is 32.9 Å². The molecule has 0 amide bonds. The minimum absolute atomic E-state index is 0.135. The van der Waals surface area contributed by atoms with Gasteiger partial charge < -0.3 is 9.47 Å². The van der Waals surface area contributed by atoms with E-state index in [1.54, 1.807) is 12.1 Å². The molecular weight excluding hydrogens is 268 g/mol. The Balaban J connectivity index is 1.97. The standard InChI is InChI=1S/C13H18O5S/c1-10-4-6-11(7-5-10)19(14,15)17-8-12-16-9-13(2,3)18-12/h4-7,12H,8-9H2,1-3H3/t12-/m0/s1. The number of ether oxygens (including phenoxy) is 2. The van der Waals surface area contributed by atoms with Crippen molar-refractivity contribution >= 4 is 10.1 Å². The van der Waals surface area contributed by atoms with Gasteiger partial charge in [-0.1, -0.05) is 17.7 Å². The van der Waals surface area contributed by atoms with Gasteiger partial charge in [0.25, 0.3) is 10.1 Å². The summed E-state index contributed by atoms with van der Waals surface area (Å²) in [7, 11) is -3.76. The minimum atomic E-state index is -3.76. The van der Waals surface area contributed by atoms with Gasteiger partial charge in [-0.15, -0.1) is 0 Å². The summed E-state index contributed by atoms with van der Waals surface area (Å²) >= 11 is 0. The topological polar surface area (TPSA) is 61.8 Å². The average Bonchev–Trinajstić information content (AvgIpc) is 2.67. The van der Waals surface area contributed by atoms with Crippen LogP contribution in [0.5, 0.6) is 0 Å². The zero-order chi connectivity index (χ0) is 14.1. The van der Waals surface area contributed by atoms with Gasteiger partial charge in [0.15, 0.2) is 6.29 Å². The molecule has 2 rings (SSSR count). The third-order valence-corrected chi connectivity index (χ3v) is 4.03. The summed E-state index contributed by atoms with van der Waals surface area (Å²) in [5.74, 6) is 0. The Morgan fingerprint density at radius 3 is 2.47 bits per heavy atom. The van der Waals surface area contributed by atoms with Crippen molar-refractivity contribution in [2.75, 3.05) is 13.2 Å². The van der Waals surface area contributed by atoms with Crippen molar-refractivity contribution in [2.24, 2.45) is 0 Å². The Labute approximate surface area is 113 Å². The number of benzene rings is 1. The molecule has 1 aliphatic rings. The van der Waals surface area contributed by atoms with Crippen LogP contribution in [0, 0.1) is 6.92 Å². The van der Waals surface area contributed by atoms with E-state index in [0.717, 1.165) is 5.56 Å². The van der Waals surface area contributed by atoms with Crippen molar-refractivity contribution in [1.29, 1.82) is 0 Å². The summed E-state index contributed by atoms with van der Waals surface area (Å²) in [5.41, 5.74) is 0.588. The summed E-state index contributed by atoms with van der Waals surface area (Å²) in [6.07, 6.45) is -0.643. The normalized spacial score (nSPS) is 22.6. The lowest BCUT2D eigenvalue weighted by atomic mass is 10.2. The van der Waals surface area contributed by atoms with Crippen LogP contribution in [0.25, 0.3) is 0 Å². The largest absolute Gasteiger partial charge is 0.347 e. The lowest BCUT2D eigenvalue weighted by Crippen LogP contribution is -2.25. The van der Waals surface area contributed by atoms with Crippen molar-refractivity contribution in [3.05, 3.63) is 29.8 Å². The second-order valence-electron chi connectivity index (χ2n) is 5.17. The second kappa shape index (κ2) is 5.20. The van der Waals surface area contributed by atoms with Crippen LogP contribution in [-0.4, -0.2) is 33.5 Å². The molecule has 1 fully saturated rings. The second-order valence-corrected chi connectivity index (χ2v) is 6.79. The molecule has 5 nitrogen and oxygen atoms in total. The molecule has 0 aliphatic carbocycles. The highest BCUT2D eigenvalue weighted by atomic mass is 32.2. The van der Waals surface area contributed by atoms with Gasteiger partial charge in [-0.3, -0.25) is 4.18 Å². The highest BCUT2D eigenvalue weighted by molar-refractivity contribution is 7.86. The first kappa shape index (κ1) is 14.5. The smallest absolute Gasteiger partial charge is 0.297 e.